The lowest BCUT2D eigenvalue weighted by molar-refractivity contribution is 0.0273. The van der Waals surface area contributed by atoms with Crippen LogP contribution in [-0.2, 0) is 0 Å². The van der Waals surface area contributed by atoms with Gasteiger partial charge in [-0.3, -0.25) is 0 Å². The van der Waals surface area contributed by atoms with Gasteiger partial charge >= 0.3 is 0 Å². The third-order valence-electron chi connectivity index (χ3n) is 9.74. The quantitative estimate of drug-likeness (QED) is 0.473. The summed E-state index contributed by atoms with van der Waals surface area (Å²) in [6.07, 6.45) is 19.9. The molecule has 2 unspecified atom stereocenters. The van der Waals surface area contributed by atoms with E-state index < -0.39 is 6.17 Å². The summed E-state index contributed by atoms with van der Waals surface area (Å²) in [5.74, 6) is 6.56. The molecule has 0 radical (unpaired) electrons. The summed E-state index contributed by atoms with van der Waals surface area (Å²) in [4.78, 5) is 0. The van der Waals surface area contributed by atoms with Gasteiger partial charge in [0.25, 0.3) is 0 Å². The Hall–Kier alpha value is -0.150. The molecule has 0 aliphatic heterocycles. The Morgan fingerprint density at radius 3 is 1.28 bits per heavy atom. The molecule has 0 aromatic heterocycles. The highest BCUT2D eigenvalue weighted by molar-refractivity contribution is 4.91. The summed E-state index contributed by atoms with van der Waals surface area (Å²) in [5.41, 5.74) is 0. The summed E-state index contributed by atoms with van der Waals surface area (Å²) >= 11 is 0. The van der Waals surface area contributed by atoms with E-state index in [-0.39, 0.29) is 13.8 Å². The van der Waals surface area contributed by atoms with Gasteiger partial charge in [-0.05, 0) is 118 Å². The third kappa shape index (κ3) is 6.19. The van der Waals surface area contributed by atoms with E-state index in [4.69, 9.17) is 0 Å². The zero-order valence-corrected chi connectivity index (χ0v) is 19.2. The summed E-state index contributed by atoms with van der Waals surface area (Å²) in [7, 11) is 0. The summed E-state index contributed by atoms with van der Waals surface area (Å²) < 4.78 is 15.2. The maximum absolute atomic E-state index is 15.2. The molecule has 0 heterocycles. The second-order valence-electron chi connectivity index (χ2n) is 11.5. The van der Waals surface area contributed by atoms with E-state index in [1.165, 1.54) is 89.9 Å². The predicted molar refractivity (Wildman–Crippen MR) is 125 cm³/mol. The van der Waals surface area contributed by atoms with Crippen LogP contribution < -0.4 is 0 Å². The van der Waals surface area contributed by atoms with Crippen LogP contribution in [0.4, 0.5) is 4.39 Å². The van der Waals surface area contributed by atoms with E-state index in [0.29, 0.717) is 17.8 Å². The molecule has 4 rings (SSSR count). The van der Waals surface area contributed by atoms with Gasteiger partial charge in [-0.25, -0.2) is 4.39 Å². The Balaban J connectivity index is 0.00000225. The third-order valence-corrected chi connectivity index (χ3v) is 9.74. The van der Waals surface area contributed by atoms with Crippen molar-refractivity contribution in [3.05, 3.63) is 0 Å². The molecule has 29 heavy (non-hydrogen) atoms. The van der Waals surface area contributed by atoms with Gasteiger partial charge < -0.3 is 11.0 Å². The maximum atomic E-state index is 15.2. The van der Waals surface area contributed by atoms with E-state index in [1.54, 1.807) is 0 Å². The fraction of sp³-hybridized carbons (Fsp3) is 1.00. The largest absolute Gasteiger partial charge is 0.412 e. The van der Waals surface area contributed by atoms with Crippen LogP contribution in [0.1, 0.15) is 113 Å². The molecule has 0 spiro atoms. The number of hydrogen-bond donors (Lipinski definition) is 0. The summed E-state index contributed by atoms with van der Waals surface area (Å²) in [6.45, 7) is 4.83. The summed E-state index contributed by atoms with van der Waals surface area (Å²) in [6, 6.07) is 0. The van der Waals surface area contributed by atoms with E-state index in [2.05, 4.69) is 13.8 Å². The first-order chi connectivity index (χ1) is 13.1. The van der Waals surface area contributed by atoms with Crippen molar-refractivity contribution in [1.82, 2.24) is 0 Å². The van der Waals surface area contributed by atoms with Gasteiger partial charge in [-0.2, -0.15) is 0 Å². The van der Waals surface area contributed by atoms with Crippen molar-refractivity contribution in [3.8, 4) is 0 Å². The topological polar surface area (TPSA) is 63.0 Å². The van der Waals surface area contributed by atoms with Gasteiger partial charge in [0, 0.05) is 2.85 Å². The van der Waals surface area contributed by atoms with Crippen molar-refractivity contribution >= 4 is 0 Å². The van der Waals surface area contributed by atoms with Gasteiger partial charge in [0.15, 0.2) is 0 Å². The molecular formula is C26H53FO2. The Kier molecular flexibility index (Phi) is 9.93. The molecule has 3 atom stereocenters. The van der Waals surface area contributed by atoms with Gasteiger partial charge in [0.1, 0.15) is 6.17 Å². The molecule has 3 heteroatoms. The first-order valence-corrected chi connectivity index (χ1v) is 12.7. The standard InChI is InChI=1S/C26H45F.2H2O.2H2/c1-18-3-7-20(8-4-18)21-11-13-23(14-12-21)25-16-15-24(17-26(25)27)22-9-5-19(2)6-10-22;;;;/h18-26H,3-17H2,1-2H3;2*1H2;2*1H/t18?,19?,20?,21?,22?,23?,24-,25?,26?;;;;/m0..../s1. The van der Waals surface area contributed by atoms with Crippen molar-refractivity contribution in [2.75, 3.05) is 0 Å². The molecule has 0 aromatic rings. The molecule has 4 fully saturated rings. The molecule has 0 aromatic carbocycles. The van der Waals surface area contributed by atoms with Crippen LogP contribution in [0.25, 0.3) is 0 Å². The van der Waals surface area contributed by atoms with Crippen molar-refractivity contribution in [2.24, 2.45) is 47.3 Å². The lowest BCUT2D eigenvalue weighted by atomic mass is 9.62. The van der Waals surface area contributed by atoms with Gasteiger partial charge in [-0.1, -0.05) is 39.5 Å². The summed E-state index contributed by atoms with van der Waals surface area (Å²) in [5, 5.41) is 0. The van der Waals surface area contributed by atoms with Crippen LogP contribution in [-0.4, -0.2) is 17.1 Å². The van der Waals surface area contributed by atoms with Crippen LogP contribution in [0.15, 0.2) is 0 Å². The molecule has 0 bridgehead atoms. The van der Waals surface area contributed by atoms with E-state index >= 15 is 4.39 Å². The number of rotatable bonds is 3. The van der Waals surface area contributed by atoms with Crippen LogP contribution in [0, 0.1) is 47.3 Å². The molecule has 0 saturated heterocycles. The second kappa shape index (κ2) is 11.5. The highest BCUT2D eigenvalue weighted by Gasteiger charge is 2.40. The number of halogens is 1. The fourth-order valence-electron chi connectivity index (χ4n) is 7.69. The first-order valence-electron chi connectivity index (χ1n) is 12.7. The van der Waals surface area contributed by atoms with Gasteiger partial charge in [-0.15, -0.1) is 0 Å². The average Bonchev–Trinajstić information content (AvgIpc) is 2.69. The van der Waals surface area contributed by atoms with Crippen LogP contribution >= 0.6 is 0 Å². The van der Waals surface area contributed by atoms with Crippen LogP contribution in [0.3, 0.4) is 0 Å². The average molecular weight is 417 g/mol. The van der Waals surface area contributed by atoms with E-state index in [1.807, 2.05) is 0 Å². The monoisotopic (exact) mass is 416 g/mol. The van der Waals surface area contributed by atoms with Crippen molar-refractivity contribution in [1.29, 1.82) is 0 Å². The maximum Gasteiger partial charge on any atom is 0.103 e. The zero-order valence-electron chi connectivity index (χ0n) is 19.2. The molecule has 4 aliphatic rings. The normalized spacial score (nSPS) is 46.2. The lowest BCUT2D eigenvalue weighted by Gasteiger charge is -2.44. The lowest BCUT2D eigenvalue weighted by Crippen LogP contribution is -2.37. The molecular weight excluding hydrogens is 363 g/mol. The second-order valence-corrected chi connectivity index (χ2v) is 11.5. The van der Waals surface area contributed by atoms with Crippen molar-refractivity contribution < 1.29 is 18.2 Å². The Labute approximate surface area is 182 Å². The van der Waals surface area contributed by atoms with Gasteiger partial charge in [0.05, 0.1) is 0 Å². The predicted octanol–water partition coefficient (Wildman–Crippen LogP) is 7.04. The Bertz CT molecular complexity index is 456. The van der Waals surface area contributed by atoms with E-state index in [9.17, 15) is 0 Å². The molecule has 2 nitrogen and oxygen atoms in total. The van der Waals surface area contributed by atoms with E-state index in [0.717, 1.165) is 36.0 Å². The van der Waals surface area contributed by atoms with Crippen LogP contribution in [0.2, 0.25) is 0 Å². The highest BCUT2D eigenvalue weighted by Crippen LogP contribution is 2.48. The minimum absolute atomic E-state index is 0. The van der Waals surface area contributed by atoms with Crippen molar-refractivity contribution in [3.63, 3.8) is 0 Å². The fourth-order valence-corrected chi connectivity index (χ4v) is 7.69. The number of hydrogen-bond acceptors (Lipinski definition) is 0. The van der Waals surface area contributed by atoms with Gasteiger partial charge in [0.2, 0.25) is 0 Å². The zero-order chi connectivity index (χ0) is 18.8. The highest BCUT2D eigenvalue weighted by atomic mass is 19.1. The molecule has 176 valence electrons. The smallest absolute Gasteiger partial charge is 0.103 e. The molecule has 0 amide bonds. The minimum Gasteiger partial charge on any atom is -0.412 e. The van der Waals surface area contributed by atoms with Crippen LogP contribution in [0.5, 0.6) is 0 Å². The molecule has 4 saturated carbocycles. The molecule has 4 aliphatic carbocycles. The Morgan fingerprint density at radius 2 is 0.828 bits per heavy atom. The van der Waals surface area contributed by atoms with Crippen molar-refractivity contribution in [2.45, 2.75) is 116 Å². The Morgan fingerprint density at radius 1 is 0.483 bits per heavy atom. The molecule has 4 N–H and O–H groups in total. The first kappa shape index (κ1) is 25.1. The SMILES string of the molecule is CC1CCC(C2CCC(C3CC[C@H](C4CCC(C)CC4)CC3F)CC2)CC1.O.O.[HH].[HH]. The number of alkyl halides is 1. The minimum atomic E-state index is -0.486.